The molecule has 1 unspecified atom stereocenters. The summed E-state index contributed by atoms with van der Waals surface area (Å²) in [5.74, 6) is 0.638. The molecule has 0 radical (unpaired) electrons. The number of nitrogens with zero attached hydrogens (tertiary/aromatic N) is 2. The zero-order valence-corrected chi connectivity index (χ0v) is 26.4. The highest BCUT2D eigenvalue weighted by molar-refractivity contribution is 7.92. The van der Waals surface area contributed by atoms with Crippen molar-refractivity contribution in [3.63, 3.8) is 0 Å². The van der Waals surface area contributed by atoms with Crippen molar-refractivity contribution < 1.29 is 32.2 Å². The van der Waals surface area contributed by atoms with E-state index in [-0.39, 0.29) is 29.0 Å². The van der Waals surface area contributed by atoms with E-state index in [1.165, 1.54) is 37.3 Å². The topological polar surface area (TPSA) is 114 Å². The van der Waals surface area contributed by atoms with Gasteiger partial charge in [-0.2, -0.15) is 0 Å². The first kappa shape index (κ1) is 33.3. The molecule has 232 valence electrons. The van der Waals surface area contributed by atoms with E-state index in [9.17, 15) is 18.0 Å². The van der Waals surface area contributed by atoms with Crippen LogP contribution in [-0.4, -0.2) is 65.6 Å². The SMILES string of the molecule is CCC(C(=O)NCC(C)C)N(Cc1ccc(OC)cc1)C(=O)CN(c1ccccc1)S(=O)(=O)c1ccc(OC)c(OC)c1. The number of sulfonamides is 1. The summed E-state index contributed by atoms with van der Waals surface area (Å²) in [6.45, 7) is 5.80. The van der Waals surface area contributed by atoms with Crippen LogP contribution in [0.4, 0.5) is 5.69 Å². The monoisotopic (exact) mass is 611 g/mol. The third-order valence-corrected chi connectivity index (χ3v) is 8.62. The highest BCUT2D eigenvalue weighted by Gasteiger charge is 2.34. The highest BCUT2D eigenvalue weighted by atomic mass is 32.2. The standard InChI is InChI=1S/C32H41N3O7S/c1-7-28(32(37)33-20-23(2)3)34(21-24-13-15-26(40-4)16-14-24)31(36)22-35(25-11-9-8-10-12-25)43(38,39)27-17-18-29(41-5)30(19-27)42-6/h8-19,23,28H,7,20-22H2,1-6H3,(H,33,37). The van der Waals surface area contributed by atoms with Gasteiger partial charge in [-0.3, -0.25) is 13.9 Å². The Morgan fingerprint density at radius 3 is 2.07 bits per heavy atom. The Balaban J connectivity index is 2.05. The number of amides is 2. The molecular formula is C32H41N3O7S. The predicted octanol–water partition coefficient (Wildman–Crippen LogP) is 4.49. The average molecular weight is 612 g/mol. The van der Waals surface area contributed by atoms with Crippen LogP contribution in [0.15, 0.2) is 77.7 Å². The lowest BCUT2D eigenvalue weighted by atomic mass is 10.1. The van der Waals surface area contributed by atoms with Gasteiger partial charge in [-0.1, -0.05) is 51.1 Å². The normalized spacial score (nSPS) is 11.9. The van der Waals surface area contributed by atoms with Gasteiger partial charge in [0.2, 0.25) is 11.8 Å². The van der Waals surface area contributed by atoms with Crippen LogP contribution in [0, 0.1) is 5.92 Å². The summed E-state index contributed by atoms with van der Waals surface area (Å²) >= 11 is 0. The Kier molecular flexibility index (Phi) is 11.8. The lowest BCUT2D eigenvalue weighted by Gasteiger charge is -2.33. The Hall–Kier alpha value is -4.25. The van der Waals surface area contributed by atoms with E-state index in [0.29, 0.717) is 30.2 Å². The quantitative estimate of drug-likeness (QED) is 0.269. The number of carbonyl (C=O) groups excluding carboxylic acids is 2. The number of para-hydroxylation sites is 1. The zero-order valence-electron chi connectivity index (χ0n) is 25.6. The van der Waals surface area contributed by atoms with Gasteiger partial charge < -0.3 is 24.4 Å². The molecule has 2 amide bonds. The van der Waals surface area contributed by atoms with Crippen LogP contribution in [0.2, 0.25) is 0 Å². The summed E-state index contributed by atoms with van der Waals surface area (Å²) in [5.41, 5.74) is 1.06. The Morgan fingerprint density at radius 2 is 1.51 bits per heavy atom. The molecule has 3 aromatic carbocycles. The third-order valence-electron chi connectivity index (χ3n) is 6.85. The number of hydrogen-bond donors (Lipinski definition) is 1. The zero-order chi connectivity index (χ0) is 31.6. The van der Waals surface area contributed by atoms with E-state index in [0.717, 1.165) is 9.87 Å². The van der Waals surface area contributed by atoms with Gasteiger partial charge in [0.15, 0.2) is 11.5 Å². The van der Waals surface area contributed by atoms with E-state index in [1.807, 2.05) is 32.9 Å². The maximum absolute atomic E-state index is 14.2. The molecule has 10 nitrogen and oxygen atoms in total. The summed E-state index contributed by atoms with van der Waals surface area (Å²) in [7, 11) is 0.174. The van der Waals surface area contributed by atoms with Gasteiger partial charge in [-0.25, -0.2) is 8.42 Å². The minimum atomic E-state index is -4.26. The Bertz CT molecular complexity index is 1460. The second-order valence-corrected chi connectivity index (χ2v) is 12.2. The number of methoxy groups -OCH3 is 3. The van der Waals surface area contributed by atoms with Crippen molar-refractivity contribution in [1.82, 2.24) is 10.2 Å². The highest BCUT2D eigenvalue weighted by Crippen LogP contribution is 2.32. The number of benzene rings is 3. The van der Waals surface area contributed by atoms with E-state index in [4.69, 9.17) is 14.2 Å². The number of ether oxygens (including phenoxy) is 3. The molecule has 0 spiro atoms. The minimum Gasteiger partial charge on any atom is -0.497 e. The van der Waals surface area contributed by atoms with E-state index < -0.39 is 28.5 Å². The fraction of sp³-hybridized carbons (Fsp3) is 0.375. The molecule has 0 aliphatic heterocycles. The molecule has 0 aromatic heterocycles. The summed E-state index contributed by atoms with van der Waals surface area (Å²) in [4.78, 5) is 28.9. The summed E-state index contributed by atoms with van der Waals surface area (Å²) in [6.07, 6.45) is 0.333. The summed E-state index contributed by atoms with van der Waals surface area (Å²) in [6, 6.07) is 19.0. The molecule has 1 N–H and O–H groups in total. The molecule has 0 aliphatic rings. The molecule has 3 aromatic rings. The maximum Gasteiger partial charge on any atom is 0.264 e. The lowest BCUT2D eigenvalue weighted by Crippen LogP contribution is -2.52. The number of carbonyl (C=O) groups is 2. The molecule has 0 fully saturated rings. The number of hydrogen-bond acceptors (Lipinski definition) is 7. The summed E-state index contributed by atoms with van der Waals surface area (Å²) < 4.78 is 45.1. The van der Waals surface area contributed by atoms with Crippen molar-refractivity contribution in [2.24, 2.45) is 5.92 Å². The van der Waals surface area contributed by atoms with Crippen LogP contribution in [0.5, 0.6) is 17.2 Å². The van der Waals surface area contributed by atoms with Gasteiger partial charge in [-0.05, 0) is 54.3 Å². The molecule has 0 saturated heterocycles. The van der Waals surface area contributed by atoms with Crippen molar-refractivity contribution in [2.75, 3.05) is 38.7 Å². The third kappa shape index (κ3) is 8.41. The van der Waals surface area contributed by atoms with Crippen LogP contribution in [-0.2, 0) is 26.2 Å². The van der Waals surface area contributed by atoms with Crippen molar-refractivity contribution in [1.29, 1.82) is 0 Å². The predicted molar refractivity (Wildman–Crippen MR) is 166 cm³/mol. The smallest absolute Gasteiger partial charge is 0.264 e. The van der Waals surface area contributed by atoms with E-state index in [1.54, 1.807) is 49.6 Å². The molecular weight excluding hydrogens is 570 g/mol. The van der Waals surface area contributed by atoms with E-state index >= 15 is 0 Å². The first-order valence-electron chi connectivity index (χ1n) is 14.1. The first-order valence-corrected chi connectivity index (χ1v) is 15.5. The molecule has 0 heterocycles. The van der Waals surface area contributed by atoms with Crippen LogP contribution >= 0.6 is 0 Å². The number of rotatable bonds is 15. The molecule has 43 heavy (non-hydrogen) atoms. The fourth-order valence-electron chi connectivity index (χ4n) is 4.50. The largest absolute Gasteiger partial charge is 0.497 e. The van der Waals surface area contributed by atoms with E-state index in [2.05, 4.69) is 5.32 Å². The Morgan fingerprint density at radius 1 is 0.860 bits per heavy atom. The van der Waals surface area contributed by atoms with Gasteiger partial charge >= 0.3 is 0 Å². The number of nitrogens with one attached hydrogen (secondary N) is 1. The average Bonchev–Trinajstić information content (AvgIpc) is 3.02. The first-order chi connectivity index (χ1) is 20.5. The van der Waals surface area contributed by atoms with Crippen LogP contribution < -0.4 is 23.8 Å². The molecule has 0 aliphatic carbocycles. The second kappa shape index (κ2) is 15.3. The van der Waals surface area contributed by atoms with Crippen LogP contribution in [0.1, 0.15) is 32.8 Å². The minimum absolute atomic E-state index is 0.0785. The Labute approximate surface area is 254 Å². The van der Waals surface area contributed by atoms with Crippen molar-refractivity contribution >= 4 is 27.5 Å². The summed E-state index contributed by atoms with van der Waals surface area (Å²) in [5, 5.41) is 2.93. The van der Waals surface area contributed by atoms with Crippen LogP contribution in [0.3, 0.4) is 0 Å². The fourth-order valence-corrected chi connectivity index (χ4v) is 5.93. The van der Waals surface area contributed by atoms with Crippen molar-refractivity contribution in [3.8, 4) is 17.2 Å². The van der Waals surface area contributed by atoms with Gasteiger partial charge in [-0.15, -0.1) is 0 Å². The molecule has 3 rings (SSSR count). The molecule has 0 bridgehead atoms. The van der Waals surface area contributed by atoms with Gasteiger partial charge in [0, 0.05) is 19.2 Å². The lowest BCUT2D eigenvalue weighted by molar-refractivity contribution is -0.140. The van der Waals surface area contributed by atoms with Crippen molar-refractivity contribution in [3.05, 3.63) is 78.4 Å². The maximum atomic E-state index is 14.2. The van der Waals surface area contributed by atoms with Gasteiger partial charge in [0.25, 0.3) is 10.0 Å². The van der Waals surface area contributed by atoms with Gasteiger partial charge in [0.1, 0.15) is 18.3 Å². The number of anilines is 1. The van der Waals surface area contributed by atoms with Crippen molar-refractivity contribution in [2.45, 2.75) is 44.7 Å². The molecule has 11 heteroatoms. The molecule has 0 saturated carbocycles. The second-order valence-electron chi connectivity index (χ2n) is 10.3. The van der Waals surface area contributed by atoms with Crippen LogP contribution in [0.25, 0.3) is 0 Å². The van der Waals surface area contributed by atoms with Gasteiger partial charge in [0.05, 0.1) is 31.9 Å². The molecule has 1 atom stereocenters.